The number of amides is 1. The van der Waals surface area contributed by atoms with Crippen molar-refractivity contribution < 1.29 is 17.9 Å². The largest absolute Gasteiger partial charge is 0.376 e. The average molecular weight is 340 g/mol. The number of carbonyl (C=O) groups excluding carboxylic acids is 1. The van der Waals surface area contributed by atoms with E-state index in [4.69, 9.17) is 4.74 Å². The molecule has 1 aromatic rings. The molecule has 0 spiro atoms. The lowest BCUT2D eigenvalue weighted by molar-refractivity contribution is -0.121. The summed E-state index contributed by atoms with van der Waals surface area (Å²) in [5, 5.41) is 2.74. The molecule has 2 rings (SSSR count). The minimum absolute atomic E-state index is 0.0416. The van der Waals surface area contributed by atoms with Crippen LogP contribution in [0.5, 0.6) is 0 Å². The van der Waals surface area contributed by atoms with Gasteiger partial charge in [0, 0.05) is 20.2 Å². The Balaban J connectivity index is 1.99. The van der Waals surface area contributed by atoms with Crippen molar-refractivity contribution in [2.75, 3.05) is 26.7 Å². The van der Waals surface area contributed by atoms with E-state index in [1.165, 1.54) is 7.05 Å². The molecule has 0 aliphatic carbocycles. The van der Waals surface area contributed by atoms with Crippen molar-refractivity contribution in [2.45, 2.75) is 37.7 Å². The van der Waals surface area contributed by atoms with Crippen LogP contribution in [0.25, 0.3) is 0 Å². The highest BCUT2D eigenvalue weighted by Gasteiger charge is 2.25. The Morgan fingerprint density at radius 3 is 2.78 bits per heavy atom. The lowest BCUT2D eigenvalue weighted by atomic mass is 10.2. The summed E-state index contributed by atoms with van der Waals surface area (Å²) in [6.45, 7) is 4.53. The maximum Gasteiger partial charge on any atom is 0.243 e. The molecule has 0 bridgehead atoms. The molecule has 1 atom stereocenters. The standard InChI is InChI=1S/C16H24N2O4S/c1-12-6-7-13(2)15(9-12)23(20,21)18(3)11-16(19)17-10-14-5-4-8-22-14/h6-7,9,14H,4-5,8,10-11H2,1-3H3,(H,17,19). The Morgan fingerprint density at radius 1 is 1.39 bits per heavy atom. The second-order valence-electron chi connectivity index (χ2n) is 5.97. The third-order valence-electron chi connectivity index (χ3n) is 3.95. The van der Waals surface area contributed by atoms with Gasteiger partial charge in [-0.1, -0.05) is 12.1 Å². The number of aryl methyl sites for hydroxylation is 2. The molecule has 7 heteroatoms. The maximum atomic E-state index is 12.6. The number of benzene rings is 1. The molecular weight excluding hydrogens is 316 g/mol. The quantitative estimate of drug-likeness (QED) is 0.845. The number of rotatable bonds is 6. The van der Waals surface area contributed by atoms with E-state index in [2.05, 4.69) is 5.32 Å². The first-order valence-corrected chi connectivity index (χ1v) is 9.16. The lowest BCUT2D eigenvalue weighted by Gasteiger charge is -2.19. The van der Waals surface area contributed by atoms with Crippen molar-refractivity contribution >= 4 is 15.9 Å². The predicted molar refractivity (Wildman–Crippen MR) is 87.7 cm³/mol. The molecule has 0 radical (unpaired) electrons. The van der Waals surface area contributed by atoms with Crippen molar-refractivity contribution in [3.05, 3.63) is 29.3 Å². The van der Waals surface area contributed by atoms with Gasteiger partial charge >= 0.3 is 0 Å². The van der Waals surface area contributed by atoms with Gasteiger partial charge in [0.1, 0.15) is 0 Å². The molecule has 1 aromatic carbocycles. The second kappa shape index (κ2) is 7.42. The third-order valence-corrected chi connectivity index (χ3v) is 5.89. The first kappa shape index (κ1) is 17.9. The van der Waals surface area contributed by atoms with Crippen molar-refractivity contribution in [1.82, 2.24) is 9.62 Å². The molecule has 1 amide bonds. The molecule has 1 heterocycles. The fourth-order valence-corrected chi connectivity index (χ4v) is 3.96. The van der Waals surface area contributed by atoms with Crippen LogP contribution in [0.3, 0.4) is 0 Å². The minimum atomic E-state index is -3.68. The van der Waals surface area contributed by atoms with Gasteiger partial charge in [-0.3, -0.25) is 4.79 Å². The maximum absolute atomic E-state index is 12.6. The molecular formula is C16H24N2O4S. The highest BCUT2D eigenvalue weighted by atomic mass is 32.2. The summed E-state index contributed by atoms with van der Waals surface area (Å²) in [7, 11) is -2.26. The molecule has 128 valence electrons. The number of nitrogens with zero attached hydrogens (tertiary/aromatic N) is 1. The van der Waals surface area contributed by atoms with Crippen LogP contribution in [-0.2, 0) is 19.6 Å². The van der Waals surface area contributed by atoms with E-state index >= 15 is 0 Å². The van der Waals surface area contributed by atoms with Crippen molar-refractivity contribution in [1.29, 1.82) is 0 Å². The molecule has 1 fully saturated rings. The monoisotopic (exact) mass is 340 g/mol. The van der Waals surface area contributed by atoms with Gasteiger partial charge in [0.05, 0.1) is 17.5 Å². The minimum Gasteiger partial charge on any atom is -0.376 e. The second-order valence-corrected chi connectivity index (χ2v) is 7.98. The molecule has 0 aromatic heterocycles. The Hall–Kier alpha value is -1.44. The molecule has 23 heavy (non-hydrogen) atoms. The van der Waals surface area contributed by atoms with Crippen molar-refractivity contribution in [3.63, 3.8) is 0 Å². The topological polar surface area (TPSA) is 75.7 Å². The van der Waals surface area contributed by atoms with Crippen LogP contribution in [0, 0.1) is 13.8 Å². The van der Waals surface area contributed by atoms with Gasteiger partial charge in [-0.15, -0.1) is 0 Å². The van der Waals surface area contributed by atoms with E-state index in [-0.39, 0.29) is 23.5 Å². The molecule has 1 N–H and O–H groups in total. The molecule has 6 nitrogen and oxygen atoms in total. The van der Waals surface area contributed by atoms with Crippen LogP contribution in [0.2, 0.25) is 0 Å². The van der Waals surface area contributed by atoms with E-state index in [0.717, 1.165) is 29.3 Å². The number of sulfonamides is 1. The van der Waals surface area contributed by atoms with Gasteiger partial charge in [-0.05, 0) is 43.9 Å². The SMILES string of the molecule is Cc1ccc(C)c(S(=O)(=O)N(C)CC(=O)NCC2CCCO2)c1. The van der Waals surface area contributed by atoms with Crippen LogP contribution in [-0.4, -0.2) is 51.5 Å². The van der Waals surface area contributed by atoms with Crippen LogP contribution in [0.4, 0.5) is 0 Å². The van der Waals surface area contributed by atoms with E-state index in [9.17, 15) is 13.2 Å². The van der Waals surface area contributed by atoms with Gasteiger partial charge in [0.2, 0.25) is 15.9 Å². The molecule has 0 saturated carbocycles. The predicted octanol–water partition coefficient (Wildman–Crippen LogP) is 1.22. The average Bonchev–Trinajstić information content (AvgIpc) is 3.00. The summed E-state index contributed by atoms with van der Waals surface area (Å²) in [6.07, 6.45) is 1.97. The number of hydrogen-bond acceptors (Lipinski definition) is 4. The lowest BCUT2D eigenvalue weighted by Crippen LogP contribution is -2.41. The van der Waals surface area contributed by atoms with Crippen LogP contribution in [0.15, 0.2) is 23.1 Å². The summed E-state index contributed by atoms with van der Waals surface area (Å²) in [5.74, 6) is -0.322. The van der Waals surface area contributed by atoms with Gasteiger partial charge in [-0.2, -0.15) is 4.31 Å². The zero-order valence-corrected chi connectivity index (χ0v) is 14.6. The fourth-order valence-electron chi connectivity index (χ4n) is 2.53. The Bertz CT molecular complexity index is 667. The van der Waals surface area contributed by atoms with Gasteiger partial charge in [0.15, 0.2) is 0 Å². The number of nitrogens with one attached hydrogen (secondary N) is 1. The number of ether oxygens (including phenoxy) is 1. The molecule has 1 aliphatic heterocycles. The first-order valence-electron chi connectivity index (χ1n) is 7.72. The normalized spacial score (nSPS) is 18.3. The fraction of sp³-hybridized carbons (Fsp3) is 0.562. The van der Waals surface area contributed by atoms with E-state index in [0.29, 0.717) is 12.1 Å². The highest BCUT2D eigenvalue weighted by Crippen LogP contribution is 2.20. The third kappa shape index (κ3) is 4.53. The highest BCUT2D eigenvalue weighted by molar-refractivity contribution is 7.89. The number of carbonyl (C=O) groups is 1. The van der Waals surface area contributed by atoms with Crippen LogP contribution < -0.4 is 5.32 Å². The zero-order chi connectivity index (χ0) is 17.0. The van der Waals surface area contributed by atoms with Crippen LogP contribution in [0.1, 0.15) is 24.0 Å². The van der Waals surface area contributed by atoms with E-state index < -0.39 is 10.0 Å². The van der Waals surface area contributed by atoms with E-state index in [1.54, 1.807) is 19.1 Å². The molecule has 1 saturated heterocycles. The summed E-state index contributed by atoms with van der Waals surface area (Å²) >= 11 is 0. The van der Waals surface area contributed by atoms with Gasteiger partial charge in [-0.25, -0.2) is 8.42 Å². The van der Waals surface area contributed by atoms with Gasteiger partial charge < -0.3 is 10.1 Å². The van der Waals surface area contributed by atoms with Gasteiger partial charge in [0.25, 0.3) is 0 Å². The smallest absolute Gasteiger partial charge is 0.243 e. The summed E-state index contributed by atoms with van der Waals surface area (Å²) in [5.41, 5.74) is 1.53. The molecule has 1 unspecified atom stereocenters. The summed E-state index contributed by atoms with van der Waals surface area (Å²) < 4.78 is 31.8. The van der Waals surface area contributed by atoms with Crippen molar-refractivity contribution in [3.8, 4) is 0 Å². The Morgan fingerprint density at radius 2 is 2.13 bits per heavy atom. The van der Waals surface area contributed by atoms with E-state index in [1.807, 2.05) is 13.0 Å². The Kier molecular flexibility index (Phi) is 5.78. The van der Waals surface area contributed by atoms with Crippen molar-refractivity contribution in [2.24, 2.45) is 0 Å². The number of hydrogen-bond donors (Lipinski definition) is 1. The Labute approximate surface area is 137 Å². The summed E-state index contributed by atoms with van der Waals surface area (Å²) in [4.78, 5) is 12.2. The molecule has 1 aliphatic rings. The zero-order valence-electron chi connectivity index (χ0n) is 13.8. The number of likely N-dealkylation sites (N-methyl/N-ethyl adjacent to an activating group) is 1. The van der Waals surface area contributed by atoms with Crippen LogP contribution >= 0.6 is 0 Å². The summed E-state index contributed by atoms with van der Waals surface area (Å²) in [6, 6.07) is 5.27. The first-order chi connectivity index (χ1) is 10.8.